The van der Waals surface area contributed by atoms with Gasteiger partial charge in [0.15, 0.2) is 0 Å². The molecule has 200 valence electrons. The number of carbonyl (C=O) groups is 1. The Kier molecular flexibility index (Phi) is 6.31. The van der Waals surface area contributed by atoms with E-state index in [0.717, 1.165) is 50.3 Å². The van der Waals surface area contributed by atoms with E-state index in [2.05, 4.69) is 40.2 Å². The fraction of sp³-hybridized carbons (Fsp3) is 0.531. The molecule has 4 fully saturated rings. The van der Waals surface area contributed by atoms with Gasteiger partial charge in [0.2, 0.25) is 0 Å². The molecule has 4 aliphatic rings. The zero-order chi connectivity index (χ0) is 25.6. The van der Waals surface area contributed by atoms with Gasteiger partial charge in [0.25, 0.3) is 0 Å². The minimum absolute atomic E-state index is 0.0196. The number of rotatable bonds is 8. The summed E-state index contributed by atoms with van der Waals surface area (Å²) in [7, 11) is 0. The first-order valence-electron chi connectivity index (χ1n) is 14.6. The van der Waals surface area contributed by atoms with Crippen LogP contribution in [0.2, 0.25) is 0 Å². The Labute approximate surface area is 224 Å². The van der Waals surface area contributed by atoms with E-state index in [1.165, 1.54) is 59.8 Å². The highest BCUT2D eigenvalue weighted by Gasteiger charge is 2.35. The highest BCUT2D eigenvalue weighted by Crippen LogP contribution is 2.52. The number of nitrogens with one attached hydrogen (secondary N) is 1. The maximum atomic E-state index is 12.4. The normalized spacial score (nSPS) is 21.2. The minimum Gasteiger partial charge on any atom is -0.490 e. The maximum absolute atomic E-state index is 12.4. The summed E-state index contributed by atoms with van der Waals surface area (Å²) < 4.78 is 20.1. The summed E-state index contributed by atoms with van der Waals surface area (Å²) in [5.41, 5.74) is 6.13. The van der Waals surface area contributed by atoms with Crippen LogP contribution in [0.3, 0.4) is 0 Å². The Morgan fingerprint density at radius 1 is 0.974 bits per heavy atom. The lowest BCUT2D eigenvalue weighted by Crippen LogP contribution is -2.25. The van der Waals surface area contributed by atoms with Gasteiger partial charge >= 0.3 is 6.09 Å². The lowest BCUT2D eigenvalue weighted by molar-refractivity contribution is 0.0256. The van der Waals surface area contributed by atoms with Crippen molar-refractivity contribution in [3.8, 4) is 17.0 Å². The van der Waals surface area contributed by atoms with E-state index in [-0.39, 0.29) is 18.3 Å². The summed E-state index contributed by atoms with van der Waals surface area (Å²) in [5.74, 6) is 2.11. The lowest BCUT2D eigenvalue weighted by atomic mass is 9.92. The zero-order valence-electron chi connectivity index (χ0n) is 22.3. The van der Waals surface area contributed by atoms with Crippen LogP contribution in [0, 0.1) is 5.92 Å². The number of hydrogen-bond acceptors (Lipinski definition) is 4. The van der Waals surface area contributed by atoms with Crippen LogP contribution in [0.1, 0.15) is 82.2 Å². The Morgan fingerprint density at radius 3 is 2.39 bits per heavy atom. The van der Waals surface area contributed by atoms with Crippen molar-refractivity contribution < 1.29 is 19.0 Å². The number of carbonyl (C=O) groups excluding carboxylic acids is 1. The van der Waals surface area contributed by atoms with E-state index in [1.807, 2.05) is 19.1 Å². The highest BCUT2D eigenvalue weighted by atomic mass is 16.6. The van der Waals surface area contributed by atoms with Crippen molar-refractivity contribution in [3.05, 3.63) is 48.0 Å². The molecule has 38 heavy (non-hydrogen) atoms. The first-order chi connectivity index (χ1) is 18.6. The number of aromatic nitrogens is 1. The largest absolute Gasteiger partial charge is 0.490 e. The molecular formula is C32H38N2O4. The van der Waals surface area contributed by atoms with E-state index < -0.39 is 0 Å². The maximum Gasteiger partial charge on any atom is 0.411 e. The van der Waals surface area contributed by atoms with Crippen LogP contribution in [0.4, 0.5) is 10.5 Å². The van der Waals surface area contributed by atoms with Crippen molar-refractivity contribution in [2.24, 2.45) is 5.92 Å². The van der Waals surface area contributed by atoms with Crippen LogP contribution in [0.15, 0.2) is 42.5 Å². The van der Waals surface area contributed by atoms with Gasteiger partial charge < -0.3 is 18.8 Å². The SMILES string of the molecule is CC(OC(=O)Nc1ccc(-c2c(C3CC3)c3ccc(OC4CCOCC4)cc3n2C2CCC2)cc1)C1CC1. The van der Waals surface area contributed by atoms with Crippen molar-refractivity contribution >= 4 is 22.7 Å². The number of amides is 1. The molecule has 1 amide bonds. The summed E-state index contributed by atoms with van der Waals surface area (Å²) in [6, 6.07) is 15.6. The summed E-state index contributed by atoms with van der Waals surface area (Å²) >= 11 is 0. The Morgan fingerprint density at radius 2 is 1.74 bits per heavy atom. The molecule has 1 unspecified atom stereocenters. The summed E-state index contributed by atoms with van der Waals surface area (Å²) in [4.78, 5) is 12.4. The number of anilines is 1. The van der Waals surface area contributed by atoms with Gasteiger partial charge in [-0.2, -0.15) is 0 Å². The predicted molar refractivity (Wildman–Crippen MR) is 149 cm³/mol. The quantitative estimate of drug-likeness (QED) is 0.333. The molecule has 1 saturated heterocycles. The fourth-order valence-electron chi connectivity index (χ4n) is 6.17. The van der Waals surface area contributed by atoms with E-state index in [9.17, 15) is 4.79 Å². The van der Waals surface area contributed by atoms with Crippen molar-refractivity contribution in [2.75, 3.05) is 18.5 Å². The minimum atomic E-state index is -0.364. The van der Waals surface area contributed by atoms with Crippen LogP contribution >= 0.6 is 0 Å². The molecule has 3 aliphatic carbocycles. The van der Waals surface area contributed by atoms with E-state index in [4.69, 9.17) is 14.2 Å². The third-order valence-electron chi connectivity index (χ3n) is 8.89. The second-order valence-corrected chi connectivity index (χ2v) is 11.8. The third-order valence-corrected chi connectivity index (χ3v) is 8.89. The molecule has 3 aromatic rings. The highest BCUT2D eigenvalue weighted by molar-refractivity contribution is 5.94. The molecule has 2 heterocycles. The topological polar surface area (TPSA) is 61.7 Å². The van der Waals surface area contributed by atoms with Gasteiger partial charge in [-0.25, -0.2) is 4.79 Å². The van der Waals surface area contributed by atoms with Gasteiger partial charge in [0, 0.05) is 36.0 Å². The Balaban J connectivity index is 1.21. The molecule has 0 spiro atoms. The first-order valence-corrected chi connectivity index (χ1v) is 14.6. The smallest absolute Gasteiger partial charge is 0.411 e. The molecule has 0 radical (unpaired) electrons. The Hall–Kier alpha value is -2.99. The molecule has 7 rings (SSSR count). The number of benzene rings is 2. The second-order valence-electron chi connectivity index (χ2n) is 11.8. The molecular weight excluding hydrogens is 476 g/mol. The molecule has 1 aromatic heterocycles. The second kappa shape index (κ2) is 9.96. The van der Waals surface area contributed by atoms with E-state index in [0.29, 0.717) is 17.9 Å². The van der Waals surface area contributed by atoms with Crippen LogP contribution < -0.4 is 10.1 Å². The predicted octanol–water partition coefficient (Wildman–Crippen LogP) is 7.82. The summed E-state index contributed by atoms with van der Waals surface area (Å²) in [6.07, 6.45) is 10.3. The van der Waals surface area contributed by atoms with Crippen LogP contribution in [-0.2, 0) is 9.47 Å². The zero-order valence-corrected chi connectivity index (χ0v) is 22.3. The molecule has 1 atom stereocenters. The molecule has 6 nitrogen and oxygen atoms in total. The van der Waals surface area contributed by atoms with Gasteiger partial charge in [0.1, 0.15) is 18.0 Å². The van der Waals surface area contributed by atoms with Gasteiger partial charge in [-0.3, -0.25) is 5.32 Å². The first kappa shape index (κ1) is 24.1. The number of hydrogen-bond donors (Lipinski definition) is 1. The van der Waals surface area contributed by atoms with Gasteiger partial charge in [-0.1, -0.05) is 12.1 Å². The number of nitrogens with zero attached hydrogens (tertiary/aromatic N) is 1. The number of ether oxygens (including phenoxy) is 3. The standard InChI is InChI=1S/C32H38N2O4/c1-20(21-5-6-21)37-32(35)33-24-11-9-23(10-12-24)31-30(22-7-8-22)28-14-13-27(38-26-15-17-36-18-16-26)19-29(28)34(31)25-3-2-4-25/h9-14,19-22,25-26H,2-8,15-18H2,1H3,(H,33,35). The van der Waals surface area contributed by atoms with Crippen molar-refractivity contribution in [2.45, 2.75) is 88.9 Å². The fourth-order valence-corrected chi connectivity index (χ4v) is 6.17. The Bertz CT molecular complexity index is 1310. The van der Waals surface area contributed by atoms with Crippen LogP contribution in [0.5, 0.6) is 5.75 Å². The summed E-state index contributed by atoms with van der Waals surface area (Å²) in [6.45, 7) is 3.55. The molecule has 1 aliphatic heterocycles. The van der Waals surface area contributed by atoms with Crippen LogP contribution in [0.25, 0.3) is 22.2 Å². The molecule has 2 aromatic carbocycles. The third kappa shape index (κ3) is 4.79. The molecule has 0 bridgehead atoms. The lowest BCUT2D eigenvalue weighted by Gasteiger charge is -2.30. The van der Waals surface area contributed by atoms with Gasteiger partial charge in [-0.15, -0.1) is 0 Å². The molecule has 3 saturated carbocycles. The molecule has 6 heteroatoms. The van der Waals surface area contributed by atoms with Gasteiger partial charge in [0.05, 0.1) is 24.4 Å². The number of fused-ring (bicyclic) bond motifs is 1. The van der Waals surface area contributed by atoms with Crippen molar-refractivity contribution in [1.29, 1.82) is 0 Å². The van der Waals surface area contributed by atoms with Crippen molar-refractivity contribution in [1.82, 2.24) is 4.57 Å². The monoisotopic (exact) mass is 514 g/mol. The van der Waals surface area contributed by atoms with Crippen LogP contribution in [-0.4, -0.2) is 36.1 Å². The average molecular weight is 515 g/mol. The van der Waals surface area contributed by atoms with Crippen molar-refractivity contribution in [3.63, 3.8) is 0 Å². The van der Waals surface area contributed by atoms with E-state index in [1.54, 1.807) is 0 Å². The molecule has 1 N–H and O–H groups in total. The summed E-state index contributed by atoms with van der Waals surface area (Å²) in [5, 5.41) is 4.29. The van der Waals surface area contributed by atoms with Gasteiger partial charge in [-0.05, 0) is 99.1 Å². The average Bonchev–Trinajstić information content (AvgIpc) is 3.82. The van der Waals surface area contributed by atoms with E-state index >= 15 is 0 Å².